The van der Waals surface area contributed by atoms with Crippen molar-refractivity contribution in [2.24, 2.45) is 0 Å². The highest BCUT2D eigenvalue weighted by Gasteiger charge is 2.10. The van der Waals surface area contributed by atoms with Gasteiger partial charge in [-0.2, -0.15) is 5.10 Å². The lowest BCUT2D eigenvalue weighted by molar-refractivity contribution is 0.0696. The first-order valence-corrected chi connectivity index (χ1v) is 9.34. The predicted octanol–water partition coefficient (Wildman–Crippen LogP) is 3.45. The van der Waals surface area contributed by atoms with Gasteiger partial charge in [0.25, 0.3) is 5.56 Å². The molecule has 0 fully saturated rings. The normalized spacial score (nSPS) is 10.6. The molecule has 0 aliphatic rings. The zero-order valence-electron chi connectivity index (χ0n) is 15.5. The van der Waals surface area contributed by atoms with Gasteiger partial charge in [-0.15, -0.1) is 0 Å². The fraction of sp³-hybridized carbons (Fsp3) is 0.421. The molecule has 8 heteroatoms. The maximum Gasteiger partial charge on any atom is 0.335 e. The van der Waals surface area contributed by atoms with Gasteiger partial charge < -0.3 is 15.2 Å². The van der Waals surface area contributed by atoms with E-state index in [1.165, 1.54) is 10.9 Å². The molecule has 0 unspecified atom stereocenters. The summed E-state index contributed by atoms with van der Waals surface area (Å²) in [5.41, 5.74) is 1.34. The Morgan fingerprint density at radius 2 is 2.15 bits per heavy atom. The Kier molecular flexibility index (Phi) is 7.67. The Balaban J connectivity index is 1.89. The maximum absolute atomic E-state index is 11.9. The van der Waals surface area contributed by atoms with E-state index in [0.717, 1.165) is 18.4 Å². The van der Waals surface area contributed by atoms with Crippen LogP contribution in [0, 0.1) is 0 Å². The predicted molar refractivity (Wildman–Crippen MR) is 105 cm³/mol. The Morgan fingerprint density at radius 1 is 1.37 bits per heavy atom. The Labute approximate surface area is 162 Å². The van der Waals surface area contributed by atoms with Crippen LogP contribution in [0.25, 0.3) is 0 Å². The van der Waals surface area contributed by atoms with E-state index in [9.17, 15) is 9.59 Å². The number of carboxylic acids is 1. The van der Waals surface area contributed by atoms with Crippen molar-refractivity contribution in [1.29, 1.82) is 0 Å². The molecule has 146 valence electrons. The van der Waals surface area contributed by atoms with Crippen LogP contribution in [0.15, 0.2) is 29.2 Å². The molecule has 0 saturated heterocycles. The molecule has 0 spiro atoms. The molecule has 0 radical (unpaired) electrons. The lowest BCUT2D eigenvalue weighted by atomic mass is 10.1. The highest BCUT2D eigenvalue weighted by atomic mass is 35.5. The van der Waals surface area contributed by atoms with E-state index in [4.69, 9.17) is 21.4 Å². The molecule has 0 bridgehead atoms. The van der Waals surface area contributed by atoms with Gasteiger partial charge in [0.2, 0.25) is 0 Å². The van der Waals surface area contributed by atoms with Gasteiger partial charge in [-0.1, -0.05) is 24.9 Å². The summed E-state index contributed by atoms with van der Waals surface area (Å²) >= 11 is 6.07. The Bertz CT molecular complexity index is 851. The van der Waals surface area contributed by atoms with Gasteiger partial charge in [0, 0.05) is 13.1 Å². The third kappa shape index (κ3) is 5.47. The molecule has 0 saturated carbocycles. The van der Waals surface area contributed by atoms with E-state index in [1.807, 2.05) is 13.8 Å². The number of carboxylic acid groups (broad SMARTS) is 1. The van der Waals surface area contributed by atoms with Gasteiger partial charge in [0.05, 0.1) is 24.1 Å². The minimum Gasteiger partial charge on any atom is -0.493 e. The molecule has 2 N–H and O–H groups in total. The van der Waals surface area contributed by atoms with Crippen molar-refractivity contribution < 1.29 is 14.6 Å². The molecule has 0 amide bonds. The fourth-order valence-corrected chi connectivity index (χ4v) is 2.82. The first-order valence-electron chi connectivity index (χ1n) is 8.96. The molecule has 0 atom stereocenters. The number of nitrogens with zero attached hydrogens (tertiary/aromatic N) is 2. The minimum absolute atomic E-state index is 0.127. The number of rotatable bonds is 10. The van der Waals surface area contributed by atoms with Crippen LogP contribution >= 0.6 is 11.6 Å². The van der Waals surface area contributed by atoms with E-state index in [0.29, 0.717) is 37.6 Å². The van der Waals surface area contributed by atoms with Crippen molar-refractivity contribution in [2.75, 3.05) is 18.5 Å². The highest BCUT2D eigenvalue weighted by Crippen LogP contribution is 2.22. The third-order valence-electron chi connectivity index (χ3n) is 4.01. The number of hydrogen-bond donors (Lipinski definition) is 2. The van der Waals surface area contributed by atoms with E-state index < -0.39 is 5.97 Å². The Hall–Kier alpha value is -2.54. The zero-order valence-corrected chi connectivity index (χ0v) is 16.3. The summed E-state index contributed by atoms with van der Waals surface area (Å²) in [6.45, 7) is 5.34. The van der Waals surface area contributed by atoms with Gasteiger partial charge in [0.1, 0.15) is 10.8 Å². The number of aromatic nitrogens is 2. The molecule has 1 heterocycles. The van der Waals surface area contributed by atoms with Gasteiger partial charge in [-0.05, 0) is 43.5 Å². The molecular formula is C19H24ClN3O4. The number of aromatic carboxylic acids is 1. The molecule has 27 heavy (non-hydrogen) atoms. The number of nitrogens with one attached hydrogen (secondary N) is 1. The van der Waals surface area contributed by atoms with Crippen molar-refractivity contribution in [3.63, 3.8) is 0 Å². The molecular weight excluding hydrogens is 370 g/mol. The summed E-state index contributed by atoms with van der Waals surface area (Å²) in [6, 6.07) is 4.91. The largest absolute Gasteiger partial charge is 0.493 e. The topological polar surface area (TPSA) is 93.4 Å². The summed E-state index contributed by atoms with van der Waals surface area (Å²) in [5, 5.41) is 16.4. The summed E-state index contributed by atoms with van der Waals surface area (Å²) in [5.74, 6) is -0.245. The van der Waals surface area contributed by atoms with Crippen molar-refractivity contribution >= 4 is 23.3 Å². The van der Waals surface area contributed by atoms with E-state index >= 15 is 0 Å². The SMILES string of the molecule is CCCc1cc(C(=O)O)ccc1OCCCNc1cnn(CC)c(=O)c1Cl. The molecule has 1 aromatic heterocycles. The monoisotopic (exact) mass is 393 g/mol. The van der Waals surface area contributed by atoms with Crippen molar-refractivity contribution in [3.05, 3.63) is 50.9 Å². The highest BCUT2D eigenvalue weighted by molar-refractivity contribution is 6.32. The van der Waals surface area contributed by atoms with Crippen LogP contribution in [0.2, 0.25) is 5.02 Å². The van der Waals surface area contributed by atoms with Gasteiger partial charge in [0.15, 0.2) is 0 Å². The fourth-order valence-electron chi connectivity index (χ4n) is 2.61. The van der Waals surface area contributed by atoms with Gasteiger partial charge in [-0.25, -0.2) is 9.48 Å². The lowest BCUT2D eigenvalue weighted by Gasteiger charge is -2.13. The van der Waals surface area contributed by atoms with Crippen LogP contribution < -0.4 is 15.6 Å². The molecule has 0 aliphatic carbocycles. The zero-order chi connectivity index (χ0) is 19.8. The second kappa shape index (κ2) is 9.97. The van der Waals surface area contributed by atoms with E-state index in [2.05, 4.69) is 10.4 Å². The summed E-state index contributed by atoms with van der Waals surface area (Å²) in [6.07, 6.45) is 3.87. The summed E-state index contributed by atoms with van der Waals surface area (Å²) in [7, 11) is 0. The van der Waals surface area contributed by atoms with Crippen molar-refractivity contribution in [2.45, 2.75) is 39.7 Å². The van der Waals surface area contributed by atoms with Crippen LogP contribution in [0.3, 0.4) is 0 Å². The molecule has 2 aromatic rings. The average Bonchev–Trinajstić information content (AvgIpc) is 2.66. The summed E-state index contributed by atoms with van der Waals surface area (Å²) in [4.78, 5) is 23.0. The van der Waals surface area contributed by atoms with Crippen molar-refractivity contribution in [3.8, 4) is 5.75 Å². The number of aryl methyl sites for hydroxylation is 2. The second-order valence-corrected chi connectivity index (χ2v) is 6.38. The van der Waals surface area contributed by atoms with Crippen LogP contribution in [0.5, 0.6) is 5.75 Å². The van der Waals surface area contributed by atoms with E-state index in [-0.39, 0.29) is 16.1 Å². The standard InChI is InChI=1S/C19H24ClN3O4/c1-3-6-13-11-14(19(25)26)7-8-16(13)27-10-5-9-21-15-12-22-23(4-2)18(24)17(15)20/h7-8,11-12,21H,3-6,9-10H2,1-2H3,(H,25,26). The van der Waals surface area contributed by atoms with Gasteiger partial charge >= 0.3 is 5.97 Å². The number of benzene rings is 1. The quantitative estimate of drug-likeness (QED) is 0.600. The number of halogens is 1. The Morgan fingerprint density at radius 3 is 2.81 bits per heavy atom. The van der Waals surface area contributed by atoms with Crippen LogP contribution in [-0.2, 0) is 13.0 Å². The molecule has 1 aromatic carbocycles. The smallest absolute Gasteiger partial charge is 0.335 e. The number of hydrogen-bond acceptors (Lipinski definition) is 5. The number of ether oxygens (including phenoxy) is 1. The third-order valence-corrected chi connectivity index (χ3v) is 4.37. The summed E-state index contributed by atoms with van der Waals surface area (Å²) < 4.78 is 7.10. The molecule has 7 nitrogen and oxygen atoms in total. The second-order valence-electron chi connectivity index (χ2n) is 6.00. The lowest BCUT2D eigenvalue weighted by Crippen LogP contribution is -2.23. The molecule has 0 aliphatic heterocycles. The first-order chi connectivity index (χ1) is 13.0. The van der Waals surface area contributed by atoms with Crippen molar-refractivity contribution in [1.82, 2.24) is 9.78 Å². The number of anilines is 1. The number of carbonyl (C=O) groups is 1. The minimum atomic E-state index is -0.946. The van der Waals surface area contributed by atoms with Crippen LogP contribution in [0.4, 0.5) is 5.69 Å². The first kappa shape index (κ1) is 20.8. The average molecular weight is 394 g/mol. The van der Waals surface area contributed by atoms with Crippen LogP contribution in [0.1, 0.15) is 42.6 Å². The molecule has 2 rings (SSSR count). The van der Waals surface area contributed by atoms with E-state index in [1.54, 1.807) is 18.2 Å². The van der Waals surface area contributed by atoms with Gasteiger partial charge in [-0.3, -0.25) is 4.79 Å². The maximum atomic E-state index is 11.9. The van der Waals surface area contributed by atoms with Crippen LogP contribution in [-0.4, -0.2) is 34.0 Å².